The summed E-state index contributed by atoms with van der Waals surface area (Å²) in [5.74, 6) is 0. The summed E-state index contributed by atoms with van der Waals surface area (Å²) in [5.41, 5.74) is 2.86. The summed E-state index contributed by atoms with van der Waals surface area (Å²) in [5, 5.41) is 8.54. The van der Waals surface area contributed by atoms with Gasteiger partial charge in [-0.15, -0.1) is 45.3 Å². The number of aromatic nitrogens is 1. The molecule has 0 aliphatic heterocycles. The third-order valence-corrected chi connectivity index (χ3v) is 2.18. The Morgan fingerprint density at radius 3 is 2.55 bits per heavy atom. The third-order valence-electron chi connectivity index (χ3n) is 1.18. The molecule has 0 saturated heterocycles. The quantitative estimate of drug-likeness (QED) is 0.908. The van der Waals surface area contributed by atoms with E-state index in [2.05, 4.69) is 4.98 Å². The zero-order valence-corrected chi connectivity index (χ0v) is 10.4. The molecule has 0 aliphatic carbocycles. The van der Waals surface area contributed by atoms with Crippen LogP contribution >= 0.6 is 45.3 Å². The van der Waals surface area contributed by atoms with E-state index in [9.17, 15) is 0 Å². The number of hydrogen-bond acceptors (Lipinski definition) is 3. The van der Waals surface area contributed by atoms with Gasteiger partial charge < -0.3 is 5.11 Å². The SMILES string of the molecule is Br.Br.Cc1ncsc1CCO. The summed E-state index contributed by atoms with van der Waals surface area (Å²) >= 11 is 1.60. The fourth-order valence-electron chi connectivity index (χ4n) is 0.668. The van der Waals surface area contributed by atoms with Crippen LogP contribution in [-0.2, 0) is 6.42 Å². The Kier molecular flexibility index (Phi) is 9.24. The number of aryl methyl sites for hydroxylation is 1. The lowest BCUT2D eigenvalue weighted by atomic mass is 10.3. The first kappa shape index (κ1) is 14.1. The van der Waals surface area contributed by atoms with Crippen molar-refractivity contribution in [1.82, 2.24) is 4.98 Å². The average molecular weight is 305 g/mol. The van der Waals surface area contributed by atoms with Crippen molar-refractivity contribution in [3.8, 4) is 0 Å². The molecule has 0 spiro atoms. The minimum Gasteiger partial charge on any atom is -0.396 e. The van der Waals surface area contributed by atoms with Crippen molar-refractivity contribution < 1.29 is 5.11 Å². The van der Waals surface area contributed by atoms with Crippen LogP contribution in [0, 0.1) is 6.92 Å². The molecule has 0 radical (unpaired) electrons. The molecule has 2 nitrogen and oxygen atoms in total. The molecule has 0 fully saturated rings. The predicted octanol–water partition coefficient (Wildman–Crippen LogP) is 2.14. The second-order valence-corrected chi connectivity index (χ2v) is 2.77. The van der Waals surface area contributed by atoms with Crippen LogP contribution in [0.2, 0.25) is 0 Å². The van der Waals surface area contributed by atoms with Gasteiger partial charge in [0.2, 0.25) is 0 Å². The summed E-state index contributed by atoms with van der Waals surface area (Å²) in [7, 11) is 0. The first-order valence-electron chi connectivity index (χ1n) is 2.84. The number of rotatable bonds is 2. The maximum atomic E-state index is 8.54. The summed E-state index contributed by atoms with van der Waals surface area (Å²) in [6, 6.07) is 0. The monoisotopic (exact) mass is 303 g/mol. The van der Waals surface area contributed by atoms with E-state index in [0.29, 0.717) is 0 Å². The van der Waals surface area contributed by atoms with Crippen LogP contribution in [0.5, 0.6) is 0 Å². The van der Waals surface area contributed by atoms with Crippen LogP contribution < -0.4 is 0 Å². The van der Waals surface area contributed by atoms with Gasteiger partial charge in [-0.3, -0.25) is 0 Å². The van der Waals surface area contributed by atoms with Crippen LogP contribution in [-0.4, -0.2) is 16.7 Å². The van der Waals surface area contributed by atoms with E-state index in [1.807, 2.05) is 6.92 Å². The largest absolute Gasteiger partial charge is 0.396 e. The lowest BCUT2D eigenvalue weighted by Gasteiger charge is -1.90. The number of thiazole rings is 1. The van der Waals surface area contributed by atoms with Crippen LogP contribution in [0.1, 0.15) is 10.6 Å². The summed E-state index contributed by atoms with van der Waals surface area (Å²) in [6.45, 7) is 2.19. The highest BCUT2D eigenvalue weighted by Crippen LogP contribution is 2.11. The molecular weight excluding hydrogens is 294 g/mol. The van der Waals surface area contributed by atoms with Gasteiger partial charge in [-0.25, -0.2) is 4.98 Å². The molecule has 0 bridgehead atoms. The highest BCUT2D eigenvalue weighted by Gasteiger charge is 1.97. The molecule has 66 valence electrons. The van der Waals surface area contributed by atoms with E-state index >= 15 is 0 Å². The highest BCUT2D eigenvalue weighted by atomic mass is 79.9. The normalized spacial score (nSPS) is 8.18. The Balaban J connectivity index is 0. The van der Waals surface area contributed by atoms with E-state index in [-0.39, 0.29) is 40.6 Å². The molecule has 1 aromatic heterocycles. The van der Waals surface area contributed by atoms with Gasteiger partial charge in [-0.2, -0.15) is 0 Å². The molecule has 0 aliphatic rings. The first-order chi connectivity index (χ1) is 4.34. The zero-order chi connectivity index (χ0) is 6.69. The highest BCUT2D eigenvalue weighted by molar-refractivity contribution is 8.93. The number of nitrogens with zero attached hydrogens (tertiary/aromatic N) is 1. The molecule has 1 aromatic rings. The second kappa shape index (κ2) is 7.21. The molecule has 1 heterocycles. The topological polar surface area (TPSA) is 33.1 Å². The Hall–Kier alpha value is 0.550. The van der Waals surface area contributed by atoms with E-state index in [0.717, 1.165) is 12.1 Å². The van der Waals surface area contributed by atoms with Gasteiger partial charge >= 0.3 is 0 Å². The minimum atomic E-state index is 0. The van der Waals surface area contributed by atoms with Gasteiger partial charge in [0.1, 0.15) is 0 Å². The Morgan fingerprint density at radius 1 is 1.55 bits per heavy atom. The van der Waals surface area contributed by atoms with E-state index in [4.69, 9.17) is 5.11 Å². The summed E-state index contributed by atoms with van der Waals surface area (Å²) < 4.78 is 0. The number of halogens is 2. The van der Waals surface area contributed by atoms with Gasteiger partial charge in [0.15, 0.2) is 0 Å². The molecular formula is C6H11Br2NOS. The minimum absolute atomic E-state index is 0. The van der Waals surface area contributed by atoms with Gasteiger partial charge in [-0.1, -0.05) is 0 Å². The number of hydrogen-bond donors (Lipinski definition) is 1. The van der Waals surface area contributed by atoms with Crippen LogP contribution in [0.25, 0.3) is 0 Å². The average Bonchev–Trinajstić information content (AvgIpc) is 2.18. The van der Waals surface area contributed by atoms with Crippen LogP contribution in [0.15, 0.2) is 5.51 Å². The number of aliphatic hydroxyl groups is 1. The smallest absolute Gasteiger partial charge is 0.0797 e. The van der Waals surface area contributed by atoms with Crippen molar-refractivity contribution in [1.29, 1.82) is 0 Å². The fraction of sp³-hybridized carbons (Fsp3) is 0.500. The van der Waals surface area contributed by atoms with Crippen molar-refractivity contribution in [3.05, 3.63) is 16.1 Å². The van der Waals surface area contributed by atoms with Gasteiger partial charge in [0.05, 0.1) is 11.2 Å². The van der Waals surface area contributed by atoms with Crippen molar-refractivity contribution in [2.24, 2.45) is 0 Å². The summed E-state index contributed by atoms with van der Waals surface area (Å²) in [6.07, 6.45) is 0.747. The first-order valence-corrected chi connectivity index (χ1v) is 3.72. The zero-order valence-electron chi connectivity index (χ0n) is 6.11. The van der Waals surface area contributed by atoms with E-state index in [1.54, 1.807) is 16.8 Å². The molecule has 1 N–H and O–H groups in total. The van der Waals surface area contributed by atoms with Crippen LogP contribution in [0.4, 0.5) is 0 Å². The molecule has 1 rings (SSSR count). The molecule has 0 unspecified atom stereocenters. The Bertz CT molecular complexity index is 192. The molecule has 0 saturated carbocycles. The lowest BCUT2D eigenvalue weighted by molar-refractivity contribution is 0.300. The molecule has 0 atom stereocenters. The van der Waals surface area contributed by atoms with Gasteiger partial charge in [-0.05, 0) is 6.92 Å². The summed E-state index contributed by atoms with van der Waals surface area (Å²) in [4.78, 5) is 5.23. The predicted molar refractivity (Wildman–Crippen MR) is 58.3 cm³/mol. The van der Waals surface area contributed by atoms with Crippen molar-refractivity contribution >= 4 is 45.3 Å². The van der Waals surface area contributed by atoms with Crippen molar-refractivity contribution in [2.75, 3.05) is 6.61 Å². The molecule has 0 aromatic carbocycles. The van der Waals surface area contributed by atoms with E-state index < -0.39 is 0 Å². The standard InChI is InChI=1S/C6H9NOS.2BrH/c1-5-6(2-3-8)9-4-7-5;;/h4,8H,2-3H2,1H3;2*1H. The fourth-order valence-corrected chi connectivity index (χ4v) is 1.44. The lowest BCUT2D eigenvalue weighted by Crippen LogP contribution is -1.88. The van der Waals surface area contributed by atoms with Crippen LogP contribution in [0.3, 0.4) is 0 Å². The van der Waals surface area contributed by atoms with Crippen molar-refractivity contribution in [2.45, 2.75) is 13.3 Å². The van der Waals surface area contributed by atoms with Gasteiger partial charge in [0, 0.05) is 17.9 Å². The molecule has 0 amide bonds. The number of aliphatic hydroxyl groups excluding tert-OH is 1. The van der Waals surface area contributed by atoms with Gasteiger partial charge in [0.25, 0.3) is 0 Å². The Morgan fingerprint density at radius 2 is 2.18 bits per heavy atom. The maximum Gasteiger partial charge on any atom is 0.0797 e. The molecule has 11 heavy (non-hydrogen) atoms. The third kappa shape index (κ3) is 4.20. The van der Waals surface area contributed by atoms with Crippen molar-refractivity contribution in [3.63, 3.8) is 0 Å². The van der Waals surface area contributed by atoms with E-state index in [1.165, 1.54) is 4.88 Å². The Labute approximate surface area is 91.2 Å². The second-order valence-electron chi connectivity index (χ2n) is 1.83. The maximum absolute atomic E-state index is 8.54. The molecule has 5 heteroatoms.